The first-order valence-corrected chi connectivity index (χ1v) is 7.90. The Bertz CT molecular complexity index is 561. The van der Waals surface area contributed by atoms with Crippen LogP contribution in [-0.2, 0) is 6.42 Å². The summed E-state index contributed by atoms with van der Waals surface area (Å²) in [7, 11) is 0. The van der Waals surface area contributed by atoms with E-state index in [0.717, 1.165) is 14.5 Å². The largest absolute Gasteiger partial charge is 0.207 e. The fraction of sp³-hybridized carbons (Fsp3) is 0.143. The van der Waals surface area contributed by atoms with E-state index in [4.69, 9.17) is 23.2 Å². The number of rotatable bonds is 3. The van der Waals surface area contributed by atoms with E-state index in [9.17, 15) is 4.39 Å². The van der Waals surface area contributed by atoms with Crippen LogP contribution in [0.1, 0.15) is 16.5 Å². The lowest BCUT2D eigenvalue weighted by Crippen LogP contribution is -1.99. The number of alkyl halides is 1. The first-order chi connectivity index (χ1) is 8.97. The normalized spacial score (nSPS) is 12.5. The molecule has 0 aromatic heterocycles. The lowest BCUT2D eigenvalue weighted by atomic mass is 10.0. The van der Waals surface area contributed by atoms with Crippen molar-refractivity contribution < 1.29 is 4.39 Å². The second-order valence-electron chi connectivity index (χ2n) is 4.07. The topological polar surface area (TPSA) is 0 Å². The van der Waals surface area contributed by atoms with Gasteiger partial charge in [0.2, 0.25) is 0 Å². The molecule has 0 spiro atoms. The molecule has 0 saturated carbocycles. The molecule has 2 aromatic rings. The van der Waals surface area contributed by atoms with Gasteiger partial charge in [0.25, 0.3) is 0 Å². The number of hydrogen-bond acceptors (Lipinski definition) is 0. The third kappa shape index (κ3) is 3.94. The van der Waals surface area contributed by atoms with Gasteiger partial charge in [-0.1, -0.05) is 49.5 Å². The Morgan fingerprint density at radius 3 is 2.32 bits per heavy atom. The van der Waals surface area contributed by atoms with Crippen molar-refractivity contribution >= 4 is 55.1 Å². The van der Waals surface area contributed by atoms with Gasteiger partial charge in [0.05, 0.1) is 5.38 Å². The summed E-state index contributed by atoms with van der Waals surface area (Å²) < 4.78 is 15.6. The number of halogens is 5. The van der Waals surface area contributed by atoms with Crippen molar-refractivity contribution in [3.8, 4) is 0 Å². The molecule has 0 N–H and O–H groups in total. The van der Waals surface area contributed by atoms with E-state index in [0.29, 0.717) is 17.0 Å². The summed E-state index contributed by atoms with van der Waals surface area (Å²) in [6.07, 6.45) is 0.343. The van der Waals surface area contributed by atoms with Crippen molar-refractivity contribution in [3.63, 3.8) is 0 Å². The molecule has 100 valence electrons. The smallest absolute Gasteiger partial charge is 0.127 e. The highest BCUT2D eigenvalue weighted by molar-refractivity contribution is 9.11. The molecule has 19 heavy (non-hydrogen) atoms. The molecule has 2 aromatic carbocycles. The Morgan fingerprint density at radius 2 is 1.74 bits per heavy atom. The van der Waals surface area contributed by atoms with E-state index in [-0.39, 0.29) is 11.2 Å². The van der Waals surface area contributed by atoms with E-state index in [1.807, 2.05) is 18.2 Å². The second kappa shape index (κ2) is 6.57. The van der Waals surface area contributed by atoms with Gasteiger partial charge in [0.15, 0.2) is 0 Å². The van der Waals surface area contributed by atoms with Crippen LogP contribution in [-0.4, -0.2) is 0 Å². The van der Waals surface area contributed by atoms with Crippen LogP contribution in [0.15, 0.2) is 45.3 Å². The summed E-state index contributed by atoms with van der Waals surface area (Å²) in [5.74, 6) is -0.327. The minimum atomic E-state index is -0.344. The number of hydrogen-bond donors (Lipinski definition) is 0. The monoisotopic (exact) mass is 424 g/mol. The summed E-state index contributed by atoms with van der Waals surface area (Å²) in [4.78, 5) is 0. The van der Waals surface area contributed by atoms with Gasteiger partial charge < -0.3 is 0 Å². The van der Waals surface area contributed by atoms with Crippen LogP contribution in [0.25, 0.3) is 0 Å². The van der Waals surface area contributed by atoms with Crippen molar-refractivity contribution in [1.82, 2.24) is 0 Å². The Labute approximate surface area is 138 Å². The Morgan fingerprint density at radius 1 is 1.11 bits per heavy atom. The molecular formula is C14H9Br2Cl2F. The van der Waals surface area contributed by atoms with Crippen molar-refractivity contribution in [2.45, 2.75) is 11.8 Å². The van der Waals surface area contributed by atoms with Gasteiger partial charge in [-0.3, -0.25) is 0 Å². The van der Waals surface area contributed by atoms with Crippen molar-refractivity contribution in [2.24, 2.45) is 0 Å². The molecule has 2 rings (SSSR count). The van der Waals surface area contributed by atoms with Crippen molar-refractivity contribution in [3.05, 3.63) is 67.3 Å². The van der Waals surface area contributed by atoms with Gasteiger partial charge in [-0.25, -0.2) is 4.39 Å². The fourth-order valence-electron chi connectivity index (χ4n) is 1.78. The molecule has 0 aliphatic rings. The molecular weight excluding hydrogens is 418 g/mol. The Balaban J connectivity index is 2.28. The molecule has 5 heteroatoms. The zero-order valence-corrected chi connectivity index (χ0v) is 14.3. The Hall–Kier alpha value is -0.0900. The van der Waals surface area contributed by atoms with E-state index < -0.39 is 0 Å². The number of benzene rings is 2. The predicted molar refractivity (Wildman–Crippen MR) is 85.6 cm³/mol. The van der Waals surface area contributed by atoms with Crippen LogP contribution in [0.2, 0.25) is 5.02 Å². The zero-order valence-electron chi connectivity index (χ0n) is 9.64. The predicted octanol–water partition coefficient (Wildman–Crippen LogP) is 6.53. The van der Waals surface area contributed by atoms with Gasteiger partial charge in [0.1, 0.15) is 5.82 Å². The van der Waals surface area contributed by atoms with Crippen LogP contribution in [0.4, 0.5) is 4.39 Å². The van der Waals surface area contributed by atoms with E-state index in [2.05, 4.69) is 31.9 Å². The Kier molecular flexibility index (Phi) is 5.29. The first-order valence-electron chi connectivity index (χ1n) is 5.50. The average Bonchev–Trinajstić information content (AvgIpc) is 2.32. The summed E-state index contributed by atoms with van der Waals surface area (Å²) in [5, 5.41) is 0.0583. The molecule has 0 bridgehead atoms. The van der Waals surface area contributed by atoms with E-state index in [1.54, 1.807) is 12.1 Å². The highest BCUT2D eigenvalue weighted by Crippen LogP contribution is 2.32. The van der Waals surface area contributed by atoms with Gasteiger partial charge in [-0.15, -0.1) is 11.6 Å². The maximum absolute atomic E-state index is 13.7. The molecule has 0 nitrogen and oxygen atoms in total. The van der Waals surface area contributed by atoms with Gasteiger partial charge >= 0.3 is 0 Å². The first kappa shape index (κ1) is 15.3. The molecule has 1 atom stereocenters. The minimum absolute atomic E-state index is 0.327. The van der Waals surface area contributed by atoms with Crippen molar-refractivity contribution in [2.75, 3.05) is 0 Å². The third-order valence-electron chi connectivity index (χ3n) is 2.69. The quantitative estimate of drug-likeness (QED) is 0.489. The summed E-state index contributed by atoms with van der Waals surface area (Å²) >= 11 is 19.2. The fourth-order valence-corrected chi connectivity index (χ4v) is 3.63. The molecule has 0 fully saturated rings. The van der Waals surface area contributed by atoms with Gasteiger partial charge in [-0.05, 0) is 42.3 Å². The van der Waals surface area contributed by atoms with Crippen LogP contribution in [0.3, 0.4) is 0 Å². The summed E-state index contributed by atoms with van der Waals surface area (Å²) in [6, 6.07) is 10.4. The van der Waals surface area contributed by atoms with E-state index >= 15 is 0 Å². The lowest BCUT2D eigenvalue weighted by Gasteiger charge is -2.13. The molecule has 0 radical (unpaired) electrons. The third-order valence-corrected chi connectivity index (χ3v) is 4.37. The standard InChI is InChI=1S/C14H9Br2Cl2F/c15-9-4-8(5-10(16)6-9)13(18)7-11-12(17)2-1-3-14(11)19/h1-6,13H,7H2. The molecule has 0 saturated heterocycles. The zero-order chi connectivity index (χ0) is 14.0. The van der Waals surface area contributed by atoms with Gasteiger partial charge in [0, 0.05) is 19.5 Å². The SMILES string of the molecule is Fc1cccc(Cl)c1CC(Cl)c1cc(Br)cc(Br)c1. The molecule has 1 unspecified atom stereocenters. The average molecular weight is 427 g/mol. The maximum Gasteiger partial charge on any atom is 0.127 e. The highest BCUT2D eigenvalue weighted by Gasteiger charge is 2.15. The minimum Gasteiger partial charge on any atom is -0.207 e. The second-order valence-corrected chi connectivity index (χ2v) is 6.84. The van der Waals surface area contributed by atoms with Crippen LogP contribution < -0.4 is 0 Å². The highest BCUT2D eigenvalue weighted by atomic mass is 79.9. The molecule has 0 aliphatic carbocycles. The van der Waals surface area contributed by atoms with E-state index in [1.165, 1.54) is 6.07 Å². The lowest BCUT2D eigenvalue weighted by molar-refractivity contribution is 0.607. The van der Waals surface area contributed by atoms with Crippen LogP contribution in [0, 0.1) is 5.82 Å². The van der Waals surface area contributed by atoms with Crippen LogP contribution >= 0.6 is 55.1 Å². The van der Waals surface area contributed by atoms with Crippen LogP contribution in [0.5, 0.6) is 0 Å². The summed E-state index contributed by atoms with van der Waals surface area (Å²) in [6.45, 7) is 0. The maximum atomic E-state index is 13.7. The van der Waals surface area contributed by atoms with Gasteiger partial charge in [-0.2, -0.15) is 0 Å². The summed E-state index contributed by atoms with van der Waals surface area (Å²) in [5.41, 5.74) is 1.35. The molecule has 0 aliphatic heterocycles. The molecule has 0 amide bonds. The molecule has 0 heterocycles. The van der Waals surface area contributed by atoms with Crippen molar-refractivity contribution in [1.29, 1.82) is 0 Å².